The van der Waals surface area contributed by atoms with Crippen LogP contribution in [-0.4, -0.2) is 59.7 Å². The number of carbonyl (C=O) groups is 3. The van der Waals surface area contributed by atoms with E-state index in [1.54, 1.807) is 47.4 Å². The first-order chi connectivity index (χ1) is 26.3. The molecule has 0 spiro atoms. The van der Waals surface area contributed by atoms with Crippen LogP contribution in [0.1, 0.15) is 50.7 Å². The van der Waals surface area contributed by atoms with E-state index < -0.39 is 0 Å². The molecule has 1 aromatic heterocycles. The number of carbonyl (C=O) groups excluding carboxylic acids is 3. The van der Waals surface area contributed by atoms with E-state index in [2.05, 4.69) is 84.0 Å². The summed E-state index contributed by atoms with van der Waals surface area (Å²) in [5.41, 5.74) is 7.41. The summed E-state index contributed by atoms with van der Waals surface area (Å²) >= 11 is 3.17. The number of benzene rings is 4. The molecule has 272 valence electrons. The van der Waals surface area contributed by atoms with Gasteiger partial charge in [-0.25, -0.2) is 0 Å². The maximum Gasteiger partial charge on any atom is 0.263 e. The van der Waals surface area contributed by atoms with Crippen LogP contribution in [0.4, 0.5) is 5.69 Å². The van der Waals surface area contributed by atoms with Crippen LogP contribution in [0.3, 0.4) is 0 Å². The van der Waals surface area contributed by atoms with Gasteiger partial charge in [-0.3, -0.25) is 19.3 Å². The summed E-state index contributed by atoms with van der Waals surface area (Å²) in [5, 5.41) is 10.8. The van der Waals surface area contributed by atoms with Crippen molar-refractivity contribution >= 4 is 62.7 Å². The highest BCUT2D eigenvalue weighted by molar-refractivity contribution is 8.03. The number of ketones is 1. The molecule has 1 N–H and O–H groups in total. The van der Waals surface area contributed by atoms with E-state index in [4.69, 9.17) is 4.74 Å². The Hall–Kier alpha value is -5.13. The second-order valence-electron chi connectivity index (χ2n) is 13.9. The van der Waals surface area contributed by atoms with Gasteiger partial charge in [0.05, 0.1) is 30.9 Å². The Balaban J connectivity index is 1.09. The summed E-state index contributed by atoms with van der Waals surface area (Å²) in [6.45, 7) is 6.26. The van der Waals surface area contributed by atoms with Crippen molar-refractivity contribution in [2.75, 3.05) is 37.0 Å². The SMILES string of the molecule is CC1(C)/C(=C\C2=C(SCCOCCN3C(=O)c4ccccc4C3=O)C(=C/c3sc4ccccc4[n+]3CCO)/C2=O)N(Cc2ccccc2)c2ccccc21. The minimum atomic E-state index is -0.350. The molecule has 8 rings (SSSR count). The fraction of sp³-hybridized carbons (Fsp3) is 0.227. The number of nitrogens with zero attached hydrogens (tertiary/aromatic N) is 3. The maximum absolute atomic E-state index is 14.3. The van der Waals surface area contributed by atoms with E-state index in [9.17, 15) is 19.5 Å². The standard InChI is InChI=1S/C44H40N3O5S2/c1-44(2)34-16-8-9-17-35(34)47(28-29-12-4-3-5-13-29)38(44)26-32-40(49)33(27-39-45(20-22-48)36-18-10-11-19-37(36)54-39)41(32)53-25-24-52-23-21-46-42(50)30-14-6-7-15-31(30)43(46)51/h3-19,26-27,48H,20-25,28H2,1-2H3/q+1. The first-order valence-corrected chi connectivity index (χ1v) is 19.9. The van der Waals surface area contributed by atoms with Gasteiger partial charge >= 0.3 is 0 Å². The first kappa shape index (κ1) is 35.9. The number of hydrogen-bond acceptors (Lipinski definition) is 8. The zero-order valence-corrected chi connectivity index (χ0v) is 31.8. The van der Waals surface area contributed by atoms with E-state index in [1.165, 1.54) is 16.0 Å². The summed E-state index contributed by atoms with van der Waals surface area (Å²) in [4.78, 5) is 44.4. The third-order valence-electron chi connectivity index (χ3n) is 10.3. The van der Waals surface area contributed by atoms with Crippen LogP contribution in [0, 0.1) is 0 Å². The zero-order valence-electron chi connectivity index (χ0n) is 30.2. The number of para-hydroxylation sites is 2. The quantitative estimate of drug-likeness (QED) is 0.0583. The Morgan fingerprint density at radius 3 is 2.26 bits per heavy atom. The average Bonchev–Trinajstić information content (AvgIpc) is 3.74. The molecule has 0 unspecified atom stereocenters. The highest BCUT2D eigenvalue weighted by Crippen LogP contribution is 2.50. The monoisotopic (exact) mass is 754 g/mol. The van der Waals surface area contributed by atoms with Crippen LogP contribution in [0.5, 0.6) is 0 Å². The summed E-state index contributed by atoms with van der Waals surface area (Å²) in [6.07, 6.45) is 4.05. The molecule has 1 aliphatic carbocycles. The van der Waals surface area contributed by atoms with Gasteiger partial charge in [-0.1, -0.05) is 98.0 Å². The molecule has 2 amide bonds. The molecule has 3 heterocycles. The zero-order chi connectivity index (χ0) is 37.4. The number of thioether (sulfide) groups is 1. The lowest BCUT2D eigenvalue weighted by molar-refractivity contribution is -0.670. The number of amides is 2. The van der Waals surface area contributed by atoms with Crippen molar-refractivity contribution in [2.24, 2.45) is 0 Å². The van der Waals surface area contributed by atoms with Crippen LogP contribution in [-0.2, 0) is 28.0 Å². The summed E-state index contributed by atoms with van der Waals surface area (Å²) < 4.78 is 9.11. The fourth-order valence-electron chi connectivity index (χ4n) is 7.54. The molecule has 2 aliphatic heterocycles. The minimum Gasteiger partial charge on any atom is -0.390 e. The Labute approximate surface area is 322 Å². The van der Waals surface area contributed by atoms with Gasteiger partial charge in [-0.15, -0.1) is 11.8 Å². The topological polar surface area (TPSA) is 91.0 Å². The predicted octanol–water partition coefficient (Wildman–Crippen LogP) is 7.33. The van der Waals surface area contributed by atoms with Crippen LogP contribution < -0.4 is 9.47 Å². The number of thiazole rings is 1. The molecule has 0 atom stereocenters. The van der Waals surface area contributed by atoms with Crippen molar-refractivity contribution in [3.8, 4) is 0 Å². The van der Waals surface area contributed by atoms with E-state index in [0.29, 0.717) is 47.7 Å². The van der Waals surface area contributed by atoms with Crippen molar-refractivity contribution < 1.29 is 28.8 Å². The average molecular weight is 755 g/mol. The molecular formula is C44H40N3O5S2+. The molecule has 8 nitrogen and oxygen atoms in total. The molecule has 0 saturated carbocycles. The molecule has 5 aromatic rings. The van der Waals surface area contributed by atoms with Gasteiger partial charge in [-0.05, 0) is 41.5 Å². The van der Waals surface area contributed by atoms with Gasteiger partial charge in [-0.2, -0.15) is 4.57 Å². The van der Waals surface area contributed by atoms with Gasteiger partial charge in [0.25, 0.3) is 16.8 Å². The van der Waals surface area contributed by atoms with Crippen LogP contribution in [0.15, 0.2) is 131 Å². The Morgan fingerprint density at radius 2 is 1.50 bits per heavy atom. The normalized spacial score (nSPS) is 17.6. The first-order valence-electron chi connectivity index (χ1n) is 18.1. The molecule has 0 saturated heterocycles. The van der Waals surface area contributed by atoms with Crippen molar-refractivity contribution in [1.29, 1.82) is 0 Å². The number of anilines is 1. The Bertz CT molecular complexity index is 2360. The lowest BCUT2D eigenvalue weighted by atomic mass is 9.81. The highest BCUT2D eigenvalue weighted by atomic mass is 32.2. The molecule has 4 aromatic carbocycles. The predicted molar refractivity (Wildman–Crippen MR) is 214 cm³/mol. The summed E-state index contributed by atoms with van der Waals surface area (Å²) in [6, 6.07) is 33.8. The second kappa shape index (κ2) is 14.9. The third-order valence-corrected chi connectivity index (χ3v) is 12.5. The minimum absolute atomic E-state index is 0.0176. The molecule has 10 heteroatoms. The number of Topliss-reactive ketones (excluding diaryl/α,β-unsaturated/α-hetero) is 1. The van der Waals surface area contributed by atoms with Crippen molar-refractivity contribution in [3.63, 3.8) is 0 Å². The van der Waals surface area contributed by atoms with Gasteiger partial charge in [0.15, 0.2) is 12.3 Å². The molecule has 0 bridgehead atoms. The number of hydrogen-bond donors (Lipinski definition) is 1. The molecule has 54 heavy (non-hydrogen) atoms. The van der Waals surface area contributed by atoms with E-state index in [-0.39, 0.29) is 42.8 Å². The fourth-order valence-corrected chi connectivity index (χ4v) is 9.69. The van der Waals surface area contributed by atoms with Crippen molar-refractivity contribution in [2.45, 2.75) is 32.4 Å². The van der Waals surface area contributed by atoms with Crippen molar-refractivity contribution in [1.82, 2.24) is 4.90 Å². The number of fused-ring (bicyclic) bond motifs is 3. The number of imide groups is 1. The molecule has 0 radical (unpaired) electrons. The Morgan fingerprint density at radius 1 is 0.815 bits per heavy atom. The van der Waals surface area contributed by atoms with E-state index in [1.807, 2.05) is 30.3 Å². The van der Waals surface area contributed by atoms with E-state index in [0.717, 1.165) is 31.5 Å². The van der Waals surface area contributed by atoms with Gasteiger partial charge < -0.3 is 14.7 Å². The maximum atomic E-state index is 14.3. The second-order valence-corrected chi connectivity index (χ2v) is 16.1. The van der Waals surface area contributed by atoms with Crippen LogP contribution in [0.25, 0.3) is 16.3 Å². The number of aliphatic hydroxyl groups excluding tert-OH is 1. The lowest BCUT2D eigenvalue weighted by Gasteiger charge is -2.30. The largest absolute Gasteiger partial charge is 0.390 e. The van der Waals surface area contributed by atoms with Gasteiger partial charge in [0.2, 0.25) is 5.52 Å². The molecule has 0 fully saturated rings. The summed E-state index contributed by atoms with van der Waals surface area (Å²) in [7, 11) is 0. The summed E-state index contributed by atoms with van der Waals surface area (Å²) in [5.74, 6) is -0.0416. The molecular weight excluding hydrogens is 715 g/mol. The Kier molecular flexibility index (Phi) is 9.93. The van der Waals surface area contributed by atoms with Crippen molar-refractivity contribution in [3.05, 3.63) is 158 Å². The van der Waals surface area contributed by atoms with Crippen LogP contribution >= 0.6 is 23.1 Å². The number of aliphatic hydroxyl groups is 1. The number of ether oxygens (including phenoxy) is 1. The van der Waals surface area contributed by atoms with Gasteiger partial charge in [0, 0.05) is 57.3 Å². The van der Waals surface area contributed by atoms with Crippen LogP contribution in [0.2, 0.25) is 0 Å². The number of aromatic nitrogens is 1. The number of rotatable bonds is 13. The lowest BCUT2D eigenvalue weighted by Crippen LogP contribution is -2.37. The molecule has 3 aliphatic rings. The van der Waals surface area contributed by atoms with Gasteiger partial charge in [0.1, 0.15) is 11.3 Å². The third kappa shape index (κ3) is 6.43. The smallest absolute Gasteiger partial charge is 0.263 e. The number of allylic oxidation sites excluding steroid dienone is 4. The van der Waals surface area contributed by atoms with E-state index >= 15 is 0 Å². The highest BCUT2D eigenvalue weighted by Gasteiger charge is 2.43.